The molecule has 6 heterocycles. The fourth-order valence-electron chi connectivity index (χ4n) is 7.92. The quantitative estimate of drug-likeness (QED) is 0.186. The lowest BCUT2D eigenvalue weighted by Crippen LogP contribution is -1.98. The van der Waals surface area contributed by atoms with Crippen LogP contribution in [-0.4, -0.2) is 28.5 Å². The number of benzene rings is 5. The van der Waals surface area contributed by atoms with Crippen LogP contribution in [0.5, 0.6) is 0 Å². The Morgan fingerprint density at radius 3 is 1.87 bits per heavy atom. The van der Waals surface area contributed by atoms with Crippen molar-refractivity contribution in [3.63, 3.8) is 0 Å². The van der Waals surface area contributed by atoms with Crippen LogP contribution in [0.4, 0.5) is 0 Å². The Hall–Kier alpha value is -6.53. The summed E-state index contributed by atoms with van der Waals surface area (Å²) in [5.41, 5.74) is 10.7. The van der Waals surface area contributed by atoms with Gasteiger partial charge in [0.25, 0.3) is 0 Å². The van der Waals surface area contributed by atoms with Gasteiger partial charge < -0.3 is 9.13 Å². The third-order valence-corrected chi connectivity index (χ3v) is 9.77. The maximum absolute atomic E-state index is 5.25. The van der Waals surface area contributed by atoms with E-state index in [0.29, 0.717) is 0 Å². The molecule has 11 aromatic rings. The molecule has 0 bridgehead atoms. The van der Waals surface area contributed by atoms with Gasteiger partial charge in [-0.1, -0.05) is 72.8 Å². The molecule has 0 saturated carbocycles. The molecular formula is C41H24N6. The number of aromatic nitrogens is 6. The predicted molar refractivity (Wildman–Crippen MR) is 192 cm³/mol. The van der Waals surface area contributed by atoms with Gasteiger partial charge in [-0.15, -0.1) is 0 Å². The molecule has 11 rings (SSSR count). The molecule has 0 fully saturated rings. The maximum atomic E-state index is 5.25. The number of fused-ring (bicyclic) bond motifs is 16. The van der Waals surface area contributed by atoms with E-state index in [1.807, 2.05) is 30.9 Å². The molecule has 0 aliphatic rings. The van der Waals surface area contributed by atoms with E-state index in [-0.39, 0.29) is 0 Å². The predicted octanol–water partition coefficient (Wildman–Crippen LogP) is 9.78. The molecule has 0 atom stereocenters. The summed E-state index contributed by atoms with van der Waals surface area (Å²) in [7, 11) is 0. The van der Waals surface area contributed by atoms with Gasteiger partial charge in [0, 0.05) is 56.1 Å². The van der Waals surface area contributed by atoms with Crippen LogP contribution in [0.1, 0.15) is 0 Å². The highest BCUT2D eigenvalue weighted by Crippen LogP contribution is 2.45. The van der Waals surface area contributed by atoms with Crippen molar-refractivity contribution in [3.8, 4) is 11.4 Å². The highest BCUT2D eigenvalue weighted by atomic mass is 15.1. The standard InChI is InChI=1S/C41H24N6/c1-3-9-25(10-4-1)45-33-14-8-7-13-27(33)30-15-16-31-37-35(46(40(31)39(30)45)26-11-5-2-6-12-26)18-17-29-28-19-21-43-24-36(28)47-34-20-22-42-23-32(34)44-41(47)38(29)37/h1-24H. The van der Waals surface area contributed by atoms with E-state index in [9.17, 15) is 0 Å². The van der Waals surface area contributed by atoms with E-state index in [1.54, 1.807) is 0 Å². The molecule has 0 amide bonds. The molecule has 218 valence electrons. The Labute approximate surface area is 267 Å². The van der Waals surface area contributed by atoms with Crippen LogP contribution in [0.25, 0.3) is 93.3 Å². The minimum absolute atomic E-state index is 0.862. The summed E-state index contributed by atoms with van der Waals surface area (Å²) in [5.74, 6) is 0. The van der Waals surface area contributed by atoms with Crippen molar-refractivity contribution in [2.75, 3.05) is 0 Å². The minimum atomic E-state index is 0.862. The molecule has 0 saturated heterocycles. The summed E-state index contributed by atoms with van der Waals surface area (Å²) in [6.07, 6.45) is 7.52. The van der Waals surface area contributed by atoms with Crippen molar-refractivity contribution >= 4 is 82.0 Å². The molecule has 0 aliphatic heterocycles. The van der Waals surface area contributed by atoms with Crippen LogP contribution >= 0.6 is 0 Å². The lowest BCUT2D eigenvalue weighted by Gasteiger charge is -2.12. The largest absolute Gasteiger partial charge is 0.307 e. The Bertz CT molecular complexity index is 3060. The maximum Gasteiger partial charge on any atom is 0.147 e. The molecular weight excluding hydrogens is 576 g/mol. The first-order chi connectivity index (χ1) is 23.4. The number of pyridine rings is 3. The van der Waals surface area contributed by atoms with Gasteiger partial charge in [0.15, 0.2) is 0 Å². The lowest BCUT2D eigenvalue weighted by atomic mass is 10.0. The van der Waals surface area contributed by atoms with Gasteiger partial charge >= 0.3 is 0 Å². The monoisotopic (exact) mass is 600 g/mol. The number of para-hydroxylation sites is 3. The zero-order valence-corrected chi connectivity index (χ0v) is 25.0. The Kier molecular flexibility index (Phi) is 4.75. The van der Waals surface area contributed by atoms with Crippen molar-refractivity contribution in [2.45, 2.75) is 0 Å². The number of hydrogen-bond donors (Lipinski definition) is 0. The summed E-state index contributed by atoms with van der Waals surface area (Å²) in [4.78, 5) is 14.2. The van der Waals surface area contributed by atoms with Gasteiger partial charge in [-0.2, -0.15) is 0 Å². The molecule has 6 nitrogen and oxygen atoms in total. The average Bonchev–Trinajstić information content (AvgIpc) is 3.80. The van der Waals surface area contributed by atoms with Crippen LogP contribution in [0.15, 0.2) is 146 Å². The van der Waals surface area contributed by atoms with Gasteiger partial charge in [-0.25, -0.2) is 4.98 Å². The average molecular weight is 601 g/mol. The Morgan fingerprint density at radius 1 is 0.404 bits per heavy atom. The molecule has 0 radical (unpaired) electrons. The highest BCUT2D eigenvalue weighted by molar-refractivity contribution is 6.33. The number of nitrogens with zero attached hydrogens (tertiary/aromatic N) is 6. The smallest absolute Gasteiger partial charge is 0.147 e. The van der Waals surface area contributed by atoms with Crippen LogP contribution in [0, 0.1) is 0 Å². The first-order valence-corrected chi connectivity index (χ1v) is 15.8. The topological polar surface area (TPSA) is 52.9 Å². The normalized spacial score (nSPS) is 12.3. The molecule has 5 aromatic carbocycles. The second-order valence-electron chi connectivity index (χ2n) is 12.1. The van der Waals surface area contributed by atoms with Gasteiger partial charge in [0.2, 0.25) is 0 Å². The van der Waals surface area contributed by atoms with Crippen molar-refractivity contribution in [2.24, 2.45) is 0 Å². The molecule has 0 N–H and O–H groups in total. The van der Waals surface area contributed by atoms with Crippen molar-refractivity contribution in [1.82, 2.24) is 28.5 Å². The van der Waals surface area contributed by atoms with Gasteiger partial charge in [0.05, 0.1) is 45.5 Å². The van der Waals surface area contributed by atoms with Gasteiger partial charge in [0.1, 0.15) is 11.2 Å². The second-order valence-corrected chi connectivity index (χ2v) is 12.1. The van der Waals surface area contributed by atoms with Crippen LogP contribution in [0.3, 0.4) is 0 Å². The summed E-state index contributed by atoms with van der Waals surface area (Å²) in [6, 6.07) is 43.5. The summed E-state index contributed by atoms with van der Waals surface area (Å²) in [5, 5.41) is 8.24. The van der Waals surface area contributed by atoms with Crippen LogP contribution in [0.2, 0.25) is 0 Å². The van der Waals surface area contributed by atoms with E-state index >= 15 is 0 Å². The molecule has 47 heavy (non-hydrogen) atoms. The fraction of sp³-hybridized carbons (Fsp3) is 0. The SMILES string of the molecule is c1ccc(-n2c3ccccc3c3ccc4c5c6c(ccc5n(-c5ccccc5)c4c32)c2ccncc2n2c3ccncc3nc62)cc1. The van der Waals surface area contributed by atoms with E-state index < -0.39 is 0 Å². The molecule has 0 unspecified atom stereocenters. The lowest BCUT2D eigenvalue weighted by molar-refractivity contribution is 1.15. The first kappa shape index (κ1) is 24.8. The number of imidazole rings is 1. The van der Waals surface area contributed by atoms with E-state index in [2.05, 4.69) is 139 Å². The van der Waals surface area contributed by atoms with Crippen LogP contribution < -0.4 is 0 Å². The zero-order chi connectivity index (χ0) is 30.6. The molecule has 6 aromatic heterocycles. The third kappa shape index (κ3) is 3.16. The van der Waals surface area contributed by atoms with Crippen molar-refractivity contribution in [1.29, 1.82) is 0 Å². The Morgan fingerprint density at radius 2 is 1.04 bits per heavy atom. The fourth-order valence-corrected chi connectivity index (χ4v) is 7.92. The minimum Gasteiger partial charge on any atom is -0.307 e. The van der Waals surface area contributed by atoms with Gasteiger partial charge in [-0.05, 0) is 53.9 Å². The van der Waals surface area contributed by atoms with Crippen molar-refractivity contribution < 1.29 is 0 Å². The van der Waals surface area contributed by atoms with E-state index in [1.165, 1.54) is 38.1 Å². The van der Waals surface area contributed by atoms with E-state index in [4.69, 9.17) is 4.98 Å². The van der Waals surface area contributed by atoms with E-state index in [0.717, 1.165) is 55.2 Å². The number of hydrogen-bond acceptors (Lipinski definition) is 3. The zero-order valence-electron chi connectivity index (χ0n) is 25.0. The highest BCUT2D eigenvalue weighted by Gasteiger charge is 2.24. The third-order valence-electron chi connectivity index (χ3n) is 9.77. The second kappa shape index (κ2) is 9.02. The summed E-state index contributed by atoms with van der Waals surface area (Å²) >= 11 is 0. The van der Waals surface area contributed by atoms with Crippen molar-refractivity contribution in [3.05, 3.63) is 146 Å². The summed E-state index contributed by atoms with van der Waals surface area (Å²) < 4.78 is 7.13. The molecule has 0 aliphatic carbocycles. The van der Waals surface area contributed by atoms with Crippen LogP contribution in [-0.2, 0) is 0 Å². The number of rotatable bonds is 2. The first-order valence-electron chi connectivity index (χ1n) is 15.8. The van der Waals surface area contributed by atoms with Gasteiger partial charge in [-0.3, -0.25) is 14.4 Å². The summed E-state index contributed by atoms with van der Waals surface area (Å²) in [6.45, 7) is 0. The molecule has 6 heteroatoms. The molecule has 0 spiro atoms. The Balaban J connectivity index is 1.47.